The quantitative estimate of drug-likeness (QED) is 0.532. The molecule has 0 spiro atoms. The van der Waals surface area contributed by atoms with Gasteiger partial charge in [-0.1, -0.05) is 0 Å². The normalized spacial score (nSPS) is 9.14. The number of hydrogen-bond donors (Lipinski definition) is 0. The van der Waals surface area contributed by atoms with E-state index in [-0.39, 0.29) is 6.79 Å². The van der Waals surface area contributed by atoms with Crippen LogP contribution in [0.25, 0.3) is 0 Å². The SMILES string of the molecule is COCOc1ccc(C#N)cc1C=O. The van der Waals surface area contributed by atoms with E-state index >= 15 is 0 Å². The molecule has 0 amide bonds. The average molecular weight is 191 g/mol. The van der Waals surface area contributed by atoms with E-state index in [1.54, 1.807) is 12.1 Å². The number of benzene rings is 1. The maximum absolute atomic E-state index is 10.6. The first-order valence-corrected chi connectivity index (χ1v) is 3.93. The minimum Gasteiger partial charge on any atom is -0.467 e. The molecule has 14 heavy (non-hydrogen) atoms. The molecule has 0 atom stereocenters. The van der Waals surface area contributed by atoms with Gasteiger partial charge in [0, 0.05) is 7.11 Å². The second-order valence-corrected chi connectivity index (χ2v) is 2.53. The second-order valence-electron chi connectivity index (χ2n) is 2.53. The van der Waals surface area contributed by atoms with Crippen molar-refractivity contribution >= 4 is 6.29 Å². The van der Waals surface area contributed by atoms with Gasteiger partial charge in [-0.3, -0.25) is 4.79 Å². The van der Waals surface area contributed by atoms with Crippen LogP contribution in [0.15, 0.2) is 18.2 Å². The van der Waals surface area contributed by atoms with Gasteiger partial charge in [-0.05, 0) is 18.2 Å². The molecule has 4 heteroatoms. The lowest BCUT2D eigenvalue weighted by Gasteiger charge is -2.06. The fourth-order valence-electron chi connectivity index (χ4n) is 0.964. The molecule has 1 rings (SSSR count). The van der Waals surface area contributed by atoms with Crippen molar-refractivity contribution in [3.05, 3.63) is 29.3 Å². The molecule has 72 valence electrons. The number of rotatable bonds is 4. The molecule has 4 nitrogen and oxygen atoms in total. The number of carbonyl (C=O) groups excluding carboxylic acids is 1. The topological polar surface area (TPSA) is 59.3 Å². The van der Waals surface area contributed by atoms with Crippen molar-refractivity contribution in [2.24, 2.45) is 0 Å². The van der Waals surface area contributed by atoms with E-state index in [0.717, 1.165) is 0 Å². The highest BCUT2D eigenvalue weighted by Crippen LogP contribution is 2.17. The molecule has 1 aromatic carbocycles. The Bertz CT molecular complexity index is 368. The fourth-order valence-corrected chi connectivity index (χ4v) is 0.964. The largest absolute Gasteiger partial charge is 0.467 e. The Morgan fingerprint density at radius 3 is 2.93 bits per heavy atom. The van der Waals surface area contributed by atoms with Crippen LogP contribution in [0.4, 0.5) is 0 Å². The molecule has 0 saturated heterocycles. The Hall–Kier alpha value is -1.86. The lowest BCUT2D eigenvalue weighted by molar-refractivity contribution is 0.0505. The third-order valence-electron chi connectivity index (χ3n) is 1.60. The molecule has 0 heterocycles. The summed E-state index contributed by atoms with van der Waals surface area (Å²) in [6, 6.07) is 6.56. The number of ether oxygens (including phenoxy) is 2. The average Bonchev–Trinajstić information content (AvgIpc) is 2.26. The van der Waals surface area contributed by atoms with Crippen LogP contribution >= 0.6 is 0 Å². The molecule has 0 bridgehead atoms. The summed E-state index contributed by atoms with van der Waals surface area (Å²) in [5.74, 6) is 0.417. The van der Waals surface area contributed by atoms with Crippen molar-refractivity contribution in [3.8, 4) is 11.8 Å². The van der Waals surface area contributed by atoms with Crippen LogP contribution in [-0.4, -0.2) is 20.2 Å². The van der Waals surface area contributed by atoms with E-state index in [1.165, 1.54) is 13.2 Å². The summed E-state index contributed by atoms with van der Waals surface area (Å²) in [5, 5.41) is 8.59. The third kappa shape index (κ3) is 2.31. The Morgan fingerprint density at radius 2 is 2.36 bits per heavy atom. The van der Waals surface area contributed by atoms with E-state index in [4.69, 9.17) is 14.7 Å². The zero-order valence-electron chi connectivity index (χ0n) is 7.69. The maximum atomic E-state index is 10.6. The second kappa shape index (κ2) is 5.00. The molecular formula is C10H9NO3. The van der Waals surface area contributed by atoms with Gasteiger partial charge in [0.2, 0.25) is 0 Å². The molecule has 1 aromatic rings. The molecule has 0 aliphatic carbocycles. The van der Waals surface area contributed by atoms with Gasteiger partial charge in [0.15, 0.2) is 13.1 Å². The number of nitriles is 1. The van der Waals surface area contributed by atoms with Gasteiger partial charge in [0.25, 0.3) is 0 Å². The molecule has 0 aliphatic rings. The van der Waals surface area contributed by atoms with Crippen LogP contribution in [0, 0.1) is 11.3 Å². The number of aldehydes is 1. The Labute approximate surface area is 81.7 Å². The molecule has 0 fully saturated rings. The van der Waals surface area contributed by atoms with Gasteiger partial charge in [-0.2, -0.15) is 5.26 Å². The van der Waals surface area contributed by atoms with E-state index in [0.29, 0.717) is 23.2 Å². The third-order valence-corrected chi connectivity index (χ3v) is 1.60. The van der Waals surface area contributed by atoms with Crippen LogP contribution in [0.3, 0.4) is 0 Å². The minimum absolute atomic E-state index is 0.0761. The van der Waals surface area contributed by atoms with Crippen LogP contribution in [0.2, 0.25) is 0 Å². The van der Waals surface area contributed by atoms with Gasteiger partial charge in [-0.25, -0.2) is 0 Å². The van der Waals surface area contributed by atoms with Crippen LogP contribution in [0.5, 0.6) is 5.75 Å². The zero-order chi connectivity index (χ0) is 10.4. The van der Waals surface area contributed by atoms with Crippen molar-refractivity contribution in [1.29, 1.82) is 5.26 Å². The summed E-state index contributed by atoms with van der Waals surface area (Å²) in [4.78, 5) is 10.6. The predicted molar refractivity (Wildman–Crippen MR) is 49.0 cm³/mol. The molecule has 0 radical (unpaired) electrons. The zero-order valence-corrected chi connectivity index (χ0v) is 7.69. The lowest BCUT2D eigenvalue weighted by Crippen LogP contribution is -2.01. The Morgan fingerprint density at radius 1 is 1.57 bits per heavy atom. The molecule has 0 saturated carbocycles. The summed E-state index contributed by atoms with van der Waals surface area (Å²) < 4.78 is 9.81. The summed E-state index contributed by atoms with van der Waals surface area (Å²) in [6.07, 6.45) is 0.645. The number of nitrogens with zero attached hydrogens (tertiary/aromatic N) is 1. The van der Waals surface area contributed by atoms with Crippen LogP contribution < -0.4 is 4.74 Å². The van der Waals surface area contributed by atoms with Crippen molar-refractivity contribution in [2.75, 3.05) is 13.9 Å². The Balaban J connectivity index is 2.94. The fraction of sp³-hybridized carbons (Fsp3) is 0.200. The van der Waals surface area contributed by atoms with E-state index in [9.17, 15) is 4.79 Å². The highest BCUT2D eigenvalue weighted by atomic mass is 16.7. The lowest BCUT2D eigenvalue weighted by atomic mass is 10.1. The first kappa shape index (κ1) is 10.2. The number of carbonyl (C=O) groups is 1. The number of methoxy groups -OCH3 is 1. The smallest absolute Gasteiger partial charge is 0.188 e. The molecule has 0 aromatic heterocycles. The van der Waals surface area contributed by atoms with Crippen LogP contribution in [0.1, 0.15) is 15.9 Å². The van der Waals surface area contributed by atoms with Gasteiger partial charge >= 0.3 is 0 Å². The minimum atomic E-state index is 0.0761. The monoisotopic (exact) mass is 191 g/mol. The molecule has 0 N–H and O–H groups in total. The highest BCUT2D eigenvalue weighted by Gasteiger charge is 2.03. The molecule has 0 unspecified atom stereocenters. The highest BCUT2D eigenvalue weighted by molar-refractivity contribution is 5.80. The Kier molecular flexibility index (Phi) is 3.65. The van der Waals surface area contributed by atoms with E-state index in [2.05, 4.69) is 0 Å². The van der Waals surface area contributed by atoms with Gasteiger partial charge < -0.3 is 9.47 Å². The van der Waals surface area contributed by atoms with E-state index in [1.807, 2.05) is 6.07 Å². The molecular weight excluding hydrogens is 182 g/mol. The van der Waals surface area contributed by atoms with Crippen LogP contribution in [-0.2, 0) is 4.74 Å². The van der Waals surface area contributed by atoms with Gasteiger partial charge in [-0.15, -0.1) is 0 Å². The van der Waals surface area contributed by atoms with Crippen molar-refractivity contribution < 1.29 is 14.3 Å². The first-order valence-electron chi connectivity index (χ1n) is 3.93. The maximum Gasteiger partial charge on any atom is 0.188 e. The molecule has 0 aliphatic heterocycles. The summed E-state index contributed by atoms with van der Waals surface area (Å²) in [7, 11) is 1.49. The standard InChI is InChI=1S/C10H9NO3/c1-13-7-14-10-3-2-8(5-11)4-9(10)6-12/h2-4,6H,7H2,1H3. The van der Waals surface area contributed by atoms with Crippen molar-refractivity contribution in [1.82, 2.24) is 0 Å². The predicted octanol–water partition coefficient (Wildman–Crippen LogP) is 1.35. The summed E-state index contributed by atoms with van der Waals surface area (Å²) in [5.41, 5.74) is 0.776. The van der Waals surface area contributed by atoms with Crippen molar-refractivity contribution in [2.45, 2.75) is 0 Å². The summed E-state index contributed by atoms with van der Waals surface area (Å²) in [6.45, 7) is 0.0761. The number of hydrogen-bond acceptors (Lipinski definition) is 4. The first-order chi connectivity index (χ1) is 6.81. The van der Waals surface area contributed by atoms with Crippen molar-refractivity contribution in [3.63, 3.8) is 0 Å². The summed E-state index contributed by atoms with van der Waals surface area (Å²) >= 11 is 0. The van der Waals surface area contributed by atoms with Gasteiger partial charge in [0.1, 0.15) is 5.75 Å². The van der Waals surface area contributed by atoms with Gasteiger partial charge in [0.05, 0.1) is 17.2 Å². The van der Waals surface area contributed by atoms with E-state index < -0.39 is 0 Å².